The predicted octanol–water partition coefficient (Wildman–Crippen LogP) is 4.58. The molecule has 0 aromatic carbocycles. The quantitative estimate of drug-likeness (QED) is 0.586. The van der Waals surface area contributed by atoms with E-state index in [9.17, 15) is 0 Å². The Bertz CT molecular complexity index is 295. The van der Waals surface area contributed by atoms with E-state index in [0.717, 1.165) is 17.8 Å². The van der Waals surface area contributed by atoms with E-state index >= 15 is 0 Å². The second-order valence-electron chi connectivity index (χ2n) is 6.11. The van der Waals surface area contributed by atoms with Crippen molar-refractivity contribution in [2.24, 2.45) is 23.2 Å². The summed E-state index contributed by atoms with van der Waals surface area (Å²) in [5, 5.41) is 0. The van der Waals surface area contributed by atoms with Gasteiger partial charge in [-0.1, -0.05) is 44.6 Å². The topological polar surface area (TPSA) is 0 Å². The minimum atomic E-state index is 0.463. The van der Waals surface area contributed by atoms with Gasteiger partial charge in [0.15, 0.2) is 0 Å². The monoisotopic (exact) mass is 204 g/mol. The largest absolute Gasteiger partial charge is 0.0780 e. The van der Waals surface area contributed by atoms with Crippen LogP contribution in [-0.2, 0) is 0 Å². The Balaban J connectivity index is 2.18. The SMILES string of the molecule is CC1=CC=C[C@]2(C)CC[C@@H](C(C)C)C[C@H]12. The maximum Gasteiger partial charge on any atom is -0.00778 e. The summed E-state index contributed by atoms with van der Waals surface area (Å²) in [7, 11) is 0. The van der Waals surface area contributed by atoms with E-state index < -0.39 is 0 Å². The summed E-state index contributed by atoms with van der Waals surface area (Å²) in [6.07, 6.45) is 11.2. The first-order valence-corrected chi connectivity index (χ1v) is 6.39. The Kier molecular flexibility index (Phi) is 2.79. The molecule has 2 aliphatic rings. The number of rotatable bonds is 1. The zero-order chi connectivity index (χ0) is 11.1. The van der Waals surface area contributed by atoms with Crippen LogP contribution in [0.1, 0.15) is 47.0 Å². The minimum absolute atomic E-state index is 0.463. The van der Waals surface area contributed by atoms with Crippen molar-refractivity contribution >= 4 is 0 Å². The molecule has 1 saturated carbocycles. The molecular weight excluding hydrogens is 180 g/mol. The third-order valence-corrected chi connectivity index (χ3v) is 4.72. The molecule has 0 aromatic heterocycles. The van der Waals surface area contributed by atoms with Crippen LogP contribution >= 0.6 is 0 Å². The average molecular weight is 204 g/mol. The molecule has 2 aliphatic carbocycles. The van der Waals surface area contributed by atoms with E-state index in [0.29, 0.717) is 5.41 Å². The van der Waals surface area contributed by atoms with Gasteiger partial charge < -0.3 is 0 Å². The van der Waals surface area contributed by atoms with Crippen molar-refractivity contribution in [2.75, 3.05) is 0 Å². The molecule has 0 aromatic rings. The first-order valence-electron chi connectivity index (χ1n) is 6.39. The summed E-state index contributed by atoms with van der Waals surface area (Å²) >= 11 is 0. The van der Waals surface area contributed by atoms with Gasteiger partial charge in [0.1, 0.15) is 0 Å². The summed E-state index contributed by atoms with van der Waals surface area (Å²) in [6, 6.07) is 0. The van der Waals surface area contributed by atoms with Gasteiger partial charge in [0.05, 0.1) is 0 Å². The summed E-state index contributed by atoms with van der Waals surface area (Å²) in [5.41, 5.74) is 2.06. The average Bonchev–Trinajstić information content (AvgIpc) is 2.17. The molecule has 0 unspecified atom stereocenters. The second-order valence-corrected chi connectivity index (χ2v) is 6.11. The van der Waals surface area contributed by atoms with Crippen molar-refractivity contribution in [1.29, 1.82) is 0 Å². The maximum absolute atomic E-state index is 2.45. The Hall–Kier alpha value is -0.520. The molecule has 0 heteroatoms. The third-order valence-electron chi connectivity index (χ3n) is 4.72. The molecule has 2 rings (SSSR count). The molecule has 0 radical (unpaired) electrons. The molecule has 3 atom stereocenters. The van der Waals surface area contributed by atoms with Crippen LogP contribution in [0.3, 0.4) is 0 Å². The minimum Gasteiger partial charge on any atom is -0.0780 e. The first kappa shape index (κ1) is 11.0. The fourth-order valence-electron chi connectivity index (χ4n) is 3.41. The van der Waals surface area contributed by atoms with Crippen molar-refractivity contribution in [3.8, 4) is 0 Å². The highest BCUT2D eigenvalue weighted by Crippen LogP contribution is 2.50. The Morgan fingerprint density at radius 2 is 2.13 bits per heavy atom. The molecule has 15 heavy (non-hydrogen) atoms. The van der Waals surface area contributed by atoms with Gasteiger partial charge in [-0.05, 0) is 49.4 Å². The van der Waals surface area contributed by atoms with E-state index in [4.69, 9.17) is 0 Å². The van der Waals surface area contributed by atoms with Gasteiger partial charge in [0.2, 0.25) is 0 Å². The standard InChI is InChI=1S/C15H24/c1-11(2)13-7-9-15(4)8-5-6-12(3)14(15)10-13/h5-6,8,11,13-14H,7,9-10H2,1-4H3/t13-,14-,15-/m1/s1. The third kappa shape index (κ3) is 1.91. The summed E-state index contributed by atoms with van der Waals surface area (Å²) in [6.45, 7) is 9.52. The first-order chi connectivity index (χ1) is 7.03. The number of hydrogen-bond donors (Lipinski definition) is 0. The lowest BCUT2D eigenvalue weighted by Gasteiger charge is -2.46. The van der Waals surface area contributed by atoms with E-state index in [1.54, 1.807) is 5.57 Å². The van der Waals surface area contributed by atoms with E-state index in [-0.39, 0.29) is 0 Å². The summed E-state index contributed by atoms with van der Waals surface area (Å²) in [5.74, 6) is 2.61. The van der Waals surface area contributed by atoms with Crippen molar-refractivity contribution < 1.29 is 0 Å². The van der Waals surface area contributed by atoms with Gasteiger partial charge in [-0.15, -0.1) is 0 Å². The van der Waals surface area contributed by atoms with Crippen LogP contribution in [-0.4, -0.2) is 0 Å². The van der Waals surface area contributed by atoms with Crippen LogP contribution in [0, 0.1) is 23.2 Å². The van der Waals surface area contributed by atoms with Gasteiger partial charge in [-0.25, -0.2) is 0 Å². The molecule has 0 amide bonds. The van der Waals surface area contributed by atoms with E-state index in [1.165, 1.54) is 19.3 Å². The molecule has 0 nitrogen and oxygen atoms in total. The lowest BCUT2D eigenvalue weighted by atomic mass is 9.59. The Morgan fingerprint density at radius 3 is 2.80 bits per heavy atom. The number of fused-ring (bicyclic) bond motifs is 1. The highest BCUT2D eigenvalue weighted by molar-refractivity contribution is 5.26. The molecule has 0 bridgehead atoms. The Morgan fingerprint density at radius 1 is 1.40 bits per heavy atom. The van der Waals surface area contributed by atoms with Crippen LogP contribution in [0.25, 0.3) is 0 Å². The second kappa shape index (κ2) is 3.81. The fourth-order valence-corrected chi connectivity index (χ4v) is 3.41. The van der Waals surface area contributed by atoms with Gasteiger partial charge in [-0.3, -0.25) is 0 Å². The van der Waals surface area contributed by atoms with E-state index in [2.05, 4.69) is 45.9 Å². The van der Waals surface area contributed by atoms with Crippen LogP contribution in [0.2, 0.25) is 0 Å². The summed E-state index contributed by atoms with van der Waals surface area (Å²) < 4.78 is 0. The van der Waals surface area contributed by atoms with Crippen molar-refractivity contribution in [2.45, 2.75) is 47.0 Å². The number of hydrogen-bond acceptors (Lipinski definition) is 0. The van der Waals surface area contributed by atoms with Crippen molar-refractivity contribution in [3.63, 3.8) is 0 Å². The van der Waals surface area contributed by atoms with Crippen LogP contribution in [0.4, 0.5) is 0 Å². The van der Waals surface area contributed by atoms with Gasteiger partial charge in [0.25, 0.3) is 0 Å². The number of allylic oxidation sites excluding steroid dienone is 4. The lowest BCUT2D eigenvalue weighted by molar-refractivity contribution is 0.124. The van der Waals surface area contributed by atoms with Crippen molar-refractivity contribution in [3.05, 3.63) is 23.8 Å². The summed E-state index contributed by atoms with van der Waals surface area (Å²) in [4.78, 5) is 0. The molecule has 0 heterocycles. The maximum atomic E-state index is 2.45. The van der Waals surface area contributed by atoms with Gasteiger partial charge >= 0.3 is 0 Å². The highest BCUT2D eigenvalue weighted by atomic mass is 14.4. The molecule has 0 saturated heterocycles. The molecule has 1 fully saturated rings. The molecule has 0 spiro atoms. The van der Waals surface area contributed by atoms with Gasteiger partial charge in [0, 0.05) is 0 Å². The Labute approximate surface area is 94.5 Å². The van der Waals surface area contributed by atoms with Crippen LogP contribution < -0.4 is 0 Å². The van der Waals surface area contributed by atoms with E-state index in [1.807, 2.05) is 0 Å². The van der Waals surface area contributed by atoms with Crippen molar-refractivity contribution in [1.82, 2.24) is 0 Å². The lowest BCUT2D eigenvalue weighted by Crippen LogP contribution is -2.36. The van der Waals surface area contributed by atoms with Gasteiger partial charge in [-0.2, -0.15) is 0 Å². The molecular formula is C15H24. The highest BCUT2D eigenvalue weighted by Gasteiger charge is 2.40. The molecule has 84 valence electrons. The fraction of sp³-hybridized carbons (Fsp3) is 0.733. The predicted molar refractivity (Wildman–Crippen MR) is 66.7 cm³/mol. The normalized spacial score (nSPS) is 40.2. The van der Waals surface area contributed by atoms with Crippen LogP contribution in [0.5, 0.6) is 0 Å². The zero-order valence-electron chi connectivity index (χ0n) is 10.6. The van der Waals surface area contributed by atoms with Crippen LogP contribution in [0.15, 0.2) is 23.8 Å². The molecule has 0 N–H and O–H groups in total. The smallest absolute Gasteiger partial charge is 0.00778 e. The zero-order valence-corrected chi connectivity index (χ0v) is 10.6. The molecule has 0 aliphatic heterocycles.